The number of hydrogen-bond donors (Lipinski definition) is 1. The Kier molecular flexibility index (Phi) is 5.63. The molecule has 1 N–H and O–H groups in total. The summed E-state index contributed by atoms with van der Waals surface area (Å²) >= 11 is 0. The number of methoxy groups -OCH3 is 1. The maximum atomic E-state index is 12.5. The molecule has 2 aromatic rings. The molecule has 0 aromatic heterocycles. The molecule has 0 saturated carbocycles. The topological polar surface area (TPSA) is 47.6 Å². The van der Waals surface area contributed by atoms with Crippen LogP contribution in [0.1, 0.15) is 24.5 Å². The van der Waals surface area contributed by atoms with Gasteiger partial charge in [-0.05, 0) is 49.6 Å². The highest BCUT2D eigenvalue weighted by atomic mass is 16.5. The number of benzene rings is 2. The van der Waals surface area contributed by atoms with E-state index in [1.807, 2.05) is 57.2 Å². The predicted octanol–water partition coefficient (Wildman–Crippen LogP) is 4.11. The van der Waals surface area contributed by atoms with E-state index in [0.29, 0.717) is 17.9 Å². The Balaban J connectivity index is 2.14. The van der Waals surface area contributed by atoms with Crippen LogP contribution in [0.3, 0.4) is 0 Å². The summed E-state index contributed by atoms with van der Waals surface area (Å²) in [5, 5.41) is 2.96. The summed E-state index contributed by atoms with van der Waals surface area (Å²) in [6.07, 6.45) is -0.0133. The fraction of sp³-hybridized carbons (Fsp3) is 0.316. The number of nitrogens with one attached hydrogen (secondary N) is 1. The minimum Gasteiger partial charge on any atom is -0.493 e. The van der Waals surface area contributed by atoms with Crippen molar-refractivity contribution in [3.8, 4) is 11.5 Å². The Labute approximate surface area is 137 Å². The number of aryl methyl sites for hydroxylation is 1. The molecular weight excluding hydrogens is 290 g/mol. The maximum absolute atomic E-state index is 12.5. The molecule has 4 nitrogen and oxygen atoms in total. The lowest BCUT2D eigenvalue weighted by atomic mass is 10.1. The van der Waals surface area contributed by atoms with Gasteiger partial charge in [0.2, 0.25) is 0 Å². The highest BCUT2D eigenvalue weighted by Crippen LogP contribution is 2.28. The van der Waals surface area contributed by atoms with Crippen molar-refractivity contribution in [2.75, 3.05) is 12.4 Å². The van der Waals surface area contributed by atoms with Crippen molar-refractivity contribution in [2.45, 2.75) is 33.3 Å². The van der Waals surface area contributed by atoms with E-state index < -0.39 is 6.10 Å². The van der Waals surface area contributed by atoms with Crippen LogP contribution in [0.5, 0.6) is 11.5 Å². The minimum atomic E-state index is -0.578. The first-order chi connectivity index (χ1) is 11.1. The second-order valence-corrected chi connectivity index (χ2v) is 5.40. The summed E-state index contributed by atoms with van der Waals surface area (Å²) in [6.45, 7) is 5.93. The first-order valence-electron chi connectivity index (χ1n) is 7.73. The zero-order chi connectivity index (χ0) is 16.8. The normalized spacial score (nSPS) is 11.7. The number of hydrogen-bond acceptors (Lipinski definition) is 3. The van der Waals surface area contributed by atoms with Gasteiger partial charge in [0.1, 0.15) is 0 Å². The first kappa shape index (κ1) is 16.9. The smallest absolute Gasteiger partial charge is 0.265 e. The van der Waals surface area contributed by atoms with E-state index in [0.717, 1.165) is 16.8 Å². The molecule has 1 atom stereocenters. The molecule has 0 unspecified atom stereocenters. The third-order valence-corrected chi connectivity index (χ3v) is 3.86. The summed E-state index contributed by atoms with van der Waals surface area (Å²) in [6, 6.07) is 13.2. The lowest BCUT2D eigenvalue weighted by Crippen LogP contribution is -2.32. The molecule has 0 aliphatic rings. The van der Waals surface area contributed by atoms with E-state index in [9.17, 15) is 4.79 Å². The van der Waals surface area contributed by atoms with Gasteiger partial charge < -0.3 is 14.8 Å². The first-order valence-corrected chi connectivity index (χ1v) is 7.73. The summed E-state index contributed by atoms with van der Waals surface area (Å²) < 4.78 is 11.1. The van der Waals surface area contributed by atoms with Gasteiger partial charge in [-0.1, -0.05) is 31.2 Å². The van der Waals surface area contributed by atoms with Gasteiger partial charge in [-0.3, -0.25) is 4.79 Å². The largest absolute Gasteiger partial charge is 0.493 e. The number of rotatable bonds is 6. The van der Waals surface area contributed by atoms with Crippen LogP contribution in [0.15, 0.2) is 42.5 Å². The van der Waals surface area contributed by atoms with Gasteiger partial charge in [-0.15, -0.1) is 0 Å². The molecule has 2 rings (SSSR count). The van der Waals surface area contributed by atoms with Crippen LogP contribution in [0, 0.1) is 13.8 Å². The van der Waals surface area contributed by atoms with Crippen LogP contribution in [-0.2, 0) is 4.79 Å². The highest BCUT2D eigenvalue weighted by molar-refractivity contribution is 5.95. The van der Waals surface area contributed by atoms with Gasteiger partial charge in [0.15, 0.2) is 17.6 Å². The van der Waals surface area contributed by atoms with Crippen LogP contribution in [0.2, 0.25) is 0 Å². The van der Waals surface area contributed by atoms with Gasteiger partial charge in [0.25, 0.3) is 5.91 Å². The van der Waals surface area contributed by atoms with Gasteiger partial charge in [0.05, 0.1) is 7.11 Å². The number of carbonyl (C=O) groups excluding carboxylic acids is 1. The van der Waals surface area contributed by atoms with Crippen LogP contribution in [0.4, 0.5) is 5.69 Å². The number of ether oxygens (including phenoxy) is 2. The summed E-state index contributed by atoms with van der Waals surface area (Å²) in [5.41, 5.74) is 3.02. The molecule has 2 aromatic carbocycles. The predicted molar refractivity (Wildman–Crippen MR) is 92.2 cm³/mol. The van der Waals surface area contributed by atoms with Crippen molar-refractivity contribution in [3.05, 3.63) is 53.6 Å². The SMILES string of the molecule is CC[C@@H](Oc1ccccc1OC)C(=O)Nc1cccc(C)c1C. The van der Waals surface area contributed by atoms with Crippen LogP contribution < -0.4 is 14.8 Å². The van der Waals surface area contributed by atoms with E-state index in [-0.39, 0.29) is 5.91 Å². The molecule has 0 bridgehead atoms. The van der Waals surface area contributed by atoms with E-state index in [1.165, 1.54) is 0 Å². The van der Waals surface area contributed by atoms with Gasteiger partial charge in [0, 0.05) is 5.69 Å². The Morgan fingerprint density at radius 2 is 1.78 bits per heavy atom. The van der Waals surface area contributed by atoms with E-state index in [1.54, 1.807) is 13.2 Å². The van der Waals surface area contributed by atoms with Gasteiger partial charge in [-0.25, -0.2) is 0 Å². The number of carbonyl (C=O) groups is 1. The molecule has 0 spiro atoms. The van der Waals surface area contributed by atoms with Crippen molar-refractivity contribution in [3.63, 3.8) is 0 Å². The van der Waals surface area contributed by atoms with Crippen LogP contribution in [-0.4, -0.2) is 19.1 Å². The van der Waals surface area contributed by atoms with Gasteiger partial charge in [-0.2, -0.15) is 0 Å². The second kappa shape index (κ2) is 7.68. The van der Waals surface area contributed by atoms with E-state index >= 15 is 0 Å². The monoisotopic (exact) mass is 313 g/mol. The Bertz CT molecular complexity index is 682. The van der Waals surface area contributed by atoms with Crippen LogP contribution >= 0.6 is 0 Å². The Morgan fingerprint density at radius 3 is 2.43 bits per heavy atom. The Hall–Kier alpha value is -2.49. The van der Waals surface area contributed by atoms with Crippen LogP contribution in [0.25, 0.3) is 0 Å². The molecule has 23 heavy (non-hydrogen) atoms. The molecule has 1 amide bonds. The molecule has 0 aliphatic carbocycles. The van der Waals surface area contributed by atoms with Gasteiger partial charge >= 0.3 is 0 Å². The second-order valence-electron chi connectivity index (χ2n) is 5.40. The van der Waals surface area contributed by atoms with Crippen molar-refractivity contribution >= 4 is 11.6 Å². The molecule has 0 aliphatic heterocycles. The maximum Gasteiger partial charge on any atom is 0.265 e. The summed E-state index contributed by atoms with van der Waals surface area (Å²) in [4.78, 5) is 12.5. The fourth-order valence-corrected chi connectivity index (χ4v) is 2.29. The van der Waals surface area contributed by atoms with Crippen molar-refractivity contribution < 1.29 is 14.3 Å². The van der Waals surface area contributed by atoms with Crippen molar-refractivity contribution in [1.82, 2.24) is 0 Å². The van der Waals surface area contributed by atoms with E-state index in [4.69, 9.17) is 9.47 Å². The summed E-state index contributed by atoms with van der Waals surface area (Å²) in [5.74, 6) is 1.02. The third-order valence-electron chi connectivity index (χ3n) is 3.86. The van der Waals surface area contributed by atoms with Crippen molar-refractivity contribution in [2.24, 2.45) is 0 Å². The lowest BCUT2D eigenvalue weighted by Gasteiger charge is -2.19. The summed E-state index contributed by atoms with van der Waals surface area (Å²) in [7, 11) is 1.58. The molecule has 0 fully saturated rings. The molecule has 0 radical (unpaired) electrons. The standard InChI is InChI=1S/C19H23NO3/c1-5-16(23-18-12-7-6-11-17(18)22-4)19(21)20-15-10-8-9-13(2)14(15)3/h6-12,16H,5H2,1-4H3,(H,20,21)/t16-/m1/s1. The zero-order valence-corrected chi connectivity index (χ0v) is 14.1. The molecule has 0 saturated heterocycles. The number of para-hydroxylation sites is 2. The molecule has 0 heterocycles. The molecule has 122 valence electrons. The third kappa shape index (κ3) is 4.03. The fourth-order valence-electron chi connectivity index (χ4n) is 2.29. The Morgan fingerprint density at radius 1 is 1.09 bits per heavy atom. The van der Waals surface area contributed by atoms with Crippen molar-refractivity contribution in [1.29, 1.82) is 0 Å². The highest BCUT2D eigenvalue weighted by Gasteiger charge is 2.20. The quantitative estimate of drug-likeness (QED) is 0.873. The number of amides is 1. The average Bonchev–Trinajstić information content (AvgIpc) is 2.57. The van der Waals surface area contributed by atoms with E-state index in [2.05, 4.69) is 5.32 Å². The number of anilines is 1. The zero-order valence-electron chi connectivity index (χ0n) is 14.1. The minimum absolute atomic E-state index is 0.160. The lowest BCUT2D eigenvalue weighted by molar-refractivity contribution is -0.122. The molecular formula is C19H23NO3. The molecule has 4 heteroatoms. The average molecular weight is 313 g/mol.